The van der Waals surface area contributed by atoms with Gasteiger partial charge in [0.05, 0.1) is 22.6 Å². The Morgan fingerprint density at radius 2 is 1.71 bits per heavy atom. The van der Waals surface area contributed by atoms with Crippen molar-refractivity contribution in [3.8, 4) is 5.69 Å². The smallest absolute Gasteiger partial charge is 0.336 e. The summed E-state index contributed by atoms with van der Waals surface area (Å²) in [6, 6.07) is 10.1. The largest absolute Gasteiger partial charge is 0.338 e. The van der Waals surface area contributed by atoms with Gasteiger partial charge in [0.25, 0.3) is 11.1 Å². The van der Waals surface area contributed by atoms with E-state index in [1.165, 1.54) is 51.7 Å². The van der Waals surface area contributed by atoms with Crippen molar-refractivity contribution in [2.45, 2.75) is 38.8 Å². The molecule has 4 N–H and O–H groups in total. The van der Waals surface area contributed by atoms with Crippen LogP contribution in [-0.4, -0.2) is 45.6 Å². The first-order chi connectivity index (χ1) is 19.9. The maximum atomic E-state index is 14.9. The second-order valence-electron chi connectivity index (χ2n) is 10.9. The Hall–Kier alpha value is -4.27. The molecule has 42 heavy (non-hydrogen) atoms. The summed E-state index contributed by atoms with van der Waals surface area (Å²) in [7, 11) is -2.42. The molecule has 1 saturated heterocycles. The van der Waals surface area contributed by atoms with Gasteiger partial charge in [-0.1, -0.05) is 12.1 Å². The number of halogens is 1. The molecule has 0 radical (unpaired) electrons. The molecule has 2 aromatic carbocycles. The van der Waals surface area contributed by atoms with E-state index >= 15 is 0 Å². The number of hydrogen-bond acceptors (Lipinski definition) is 7. The van der Waals surface area contributed by atoms with E-state index in [1.54, 1.807) is 25.1 Å². The summed E-state index contributed by atoms with van der Waals surface area (Å²) in [5.74, 6) is -0.544. The zero-order chi connectivity index (χ0) is 30.1. The molecule has 2 fully saturated rings. The quantitative estimate of drug-likeness (QED) is 0.295. The molecule has 3 heterocycles. The molecule has 1 saturated carbocycles. The van der Waals surface area contributed by atoms with Crippen molar-refractivity contribution in [1.82, 2.24) is 18.0 Å². The summed E-state index contributed by atoms with van der Waals surface area (Å²) in [4.78, 5) is 41.4. The molecular weight excluding hydrogens is 565 g/mol. The van der Waals surface area contributed by atoms with Crippen LogP contribution < -0.4 is 32.6 Å². The van der Waals surface area contributed by atoms with Gasteiger partial charge in [0, 0.05) is 37.8 Å². The SMILES string of the molecule is Cc1ccc(Nc2c3c(=O)n(C4CC4)c(=O)n(-c4cccc(NS(=O)(=O)N5CC(N)C5)c4)c3c(C)c(=O)n2C)c(F)c1. The highest BCUT2D eigenvalue weighted by atomic mass is 32.2. The van der Waals surface area contributed by atoms with Crippen LogP contribution in [0.15, 0.2) is 56.8 Å². The first-order valence-corrected chi connectivity index (χ1v) is 14.9. The molecule has 0 bridgehead atoms. The van der Waals surface area contributed by atoms with Crippen molar-refractivity contribution in [3.63, 3.8) is 0 Å². The third-order valence-electron chi connectivity index (χ3n) is 7.70. The Balaban J connectivity index is 1.60. The van der Waals surface area contributed by atoms with Crippen LogP contribution >= 0.6 is 0 Å². The Kier molecular flexibility index (Phi) is 6.59. The highest BCUT2D eigenvalue weighted by Crippen LogP contribution is 2.34. The number of pyridine rings is 1. The molecule has 0 spiro atoms. The van der Waals surface area contributed by atoms with Crippen LogP contribution in [0.5, 0.6) is 0 Å². The minimum Gasteiger partial charge on any atom is -0.338 e. The molecule has 12 nitrogen and oxygen atoms in total. The molecular formula is C28H30FN7O5S. The predicted octanol–water partition coefficient (Wildman–Crippen LogP) is 1.99. The van der Waals surface area contributed by atoms with Crippen molar-refractivity contribution in [3.05, 3.63) is 90.6 Å². The van der Waals surface area contributed by atoms with Gasteiger partial charge in [-0.15, -0.1) is 0 Å². The van der Waals surface area contributed by atoms with E-state index in [9.17, 15) is 27.2 Å². The standard InChI is InChI=1S/C28H30FN7O5S/c1-15-7-10-22(21(29)11-15)31-25-23-24(16(2)26(37)33(25)3)35(28(39)36(27(23)38)19-8-9-19)20-6-4-5-18(12-20)32-42(40,41)34-13-17(30)14-34/h4-7,10-12,17,19,31-32H,8-9,13-14,30H2,1-3H3. The number of aryl methyl sites for hydroxylation is 2. The van der Waals surface area contributed by atoms with Gasteiger partial charge in [0.15, 0.2) is 0 Å². The fourth-order valence-electron chi connectivity index (χ4n) is 5.29. The summed E-state index contributed by atoms with van der Waals surface area (Å²) < 4.78 is 47.9. The van der Waals surface area contributed by atoms with Gasteiger partial charge < -0.3 is 11.1 Å². The van der Waals surface area contributed by atoms with Crippen LogP contribution in [0.4, 0.5) is 21.6 Å². The summed E-state index contributed by atoms with van der Waals surface area (Å²) in [5.41, 5.74) is 5.32. The van der Waals surface area contributed by atoms with E-state index in [0.717, 1.165) is 4.57 Å². The molecule has 6 rings (SSSR count). The van der Waals surface area contributed by atoms with Crippen LogP contribution in [0.2, 0.25) is 0 Å². The number of nitrogens with one attached hydrogen (secondary N) is 2. The Bertz CT molecular complexity index is 2060. The fourth-order valence-corrected chi connectivity index (χ4v) is 6.62. The van der Waals surface area contributed by atoms with Crippen LogP contribution in [0, 0.1) is 19.7 Å². The van der Waals surface area contributed by atoms with Crippen LogP contribution in [0.1, 0.15) is 30.0 Å². The van der Waals surface area contributed by atoms with Gasteiger partial charge in [-0.3, -0.25) is 28.0 Å². The normalized spacial score (nSPS) is 16.0. The Labute approximate surface area is 240 Å². The maximum absolute atomic E-state index is 14.9. The average molecular weight is 596 g/mol. The topological polar surface area (TPSA) is 153 Å². The lowest BCUT2D eigenvalue weighted by Gasteiger charge is -2.35. The van der Waals surface area contributed by atoms with Crippen molar-refractivity contribution < 1.29 is 12.8 Å². The monoisotopic (exact) mass is 595 g/mol. The fraction of sp³-hybridized carbons (Fsp3) is 0.321. The molecule has 220 valence electrons. The Morgan fingerprint density at radius 1 is 1.00 bits per heavy atom. The minimum absolute atomic E-state index is 0.0293. The second kappa shape index (κ2) is 9.93. The molecule has 0 amide bonds. The van der Waals surface area contributed by atoms with Crippen LogP contribution in [0.3, 0.4) is 0 Å². The van der Waals surface area contributed by atoms with Crippen LogP contribution in [-0.2, 0) is 17.3 Å². The summed E-state index contributed by atoms with van der Waals surface area (Å²) >= 11 is 0. The molecule has 4 aromatic rings. The molecule has 0 atom stereocenters. The molecule has 14 heteroatoms. The van der Waals surface area contributed by atoms with Gasteiger partial charge in [-0.05, 0) is 62.6 Å². The first-order valence-electron chi connectivity index (χ1n) is 13.5. The highest BCUT2D eigenvalue weighted by Gasteiger charge is 2.34. The lowest BCUT2D eigenvalue weighted by molar-refractivity contribution is 0.267. The summed E-state index contributed by atoms with van der Waals surface area (Å²) in [6.45, 7) is 3.62. The first kappa shape index (κ1) is 27.9. The van der Waals surface area contributed by atoms with Crippen LogP contribution in [0.25, 0.3) is 16.6 Å². The minimum atomic E-state index is -3.89. The van der Waals surface area contributed by atoms with Gasteiger partial charge in [0.1, 0.15) is 17.0 Å². The Morgan fingerprint density at radius 3 is 2.36 bits per heavy atom. The number of aromatic nitrogens is 3. The molecule has 2 aromatic heterocycles. The van der Waals surface area contributed by atoms with E-state index in [2.05, 4.69) is 10.0 Å². The number of benzene rings is 2. The second-order valence-corrected chi connectivity index (χ2v) is 12.6. The van der Waals surface area contributed by atoms with Crippen molar-refractivity contribution in [2.75, 3.05) is 23.1 Å². The van der Waals surface area contributed by atoms with Gasteiger partial charge in [-0.2, -0.15) is 12.7 Å². The molecule has 1 aliphatic carbocycles. The number of fused-ring (bicyclic) bond motifs is 1. The number of rotatable bonds is 7. The van der Waals surface area contributed by atoms with Gasteiger partial charge >= 0.3 is 15.9 Å². The van der Waals surface area contributed by atoms with Gasteiger partial charge in [0.2, 0.25) is 0 Å². The lowest BCUT2D eigenvalue weighted by atomic mass is 10.1. The van der Waals surface area contributed by atoms with E-state index in [0.29, 0.717) is 18.4 Å². The number of hydrogen-bond donors (Lipinski definition) is 3. The van der Waals surface area contributed by atoms with E-state index in [-0.39, 0.29) is 64.5 Å². The highest BCUT2D eigenvalue weighted by molar-refractivity contribution is 7.90. The zero-order valence-corrected chi connectivity index (χ0v) is 24.0. The third kappa shape index (κ3) is 4.61. The molecule has 1 aliphatic heterocycles. The number of anilines is 3. The van der Waals surface area contributed by atoms with Gasteiger partial charge in [-0.25, -0.2) is 9.18 Å². The van der Waals surface area contributed by atoms with Crippen molar-refractivity contribution in [2.24, 2.45) is 12.8 Å². The van der Waals surface area contributed by atoms with E-state index in [4.69, 9.17) is 5.73 Å². The summed E-state index contributed by atoms with van der Waals surface area (Å²) in [5, 5.41) is 2.96. The summed E-state index contributed by atoms with van der Waals surface area (Å²) in [6.07, 6.45) is 1.25. The van der Waals surface area contributed by atoms with Crippen molar-refractivity contribution >= 4 is 38.3 Å². The lowest BCUT2D eigenvalue weighted by Crippen LogP contribution is -2.59. The van der Waals surface area contributed by atoms with E-state index in [1.807, 2.05) is 0 Å². The predicted molar refractivity (Wildman–Crippen MR) is 159 cm³/mol. The zero-order valence-electron chi connectivity index (χ0n) is 23.2. The average Bonchev–Trinajstić information content (AvgIpc) is 3.74. The van der Waals surface area contributed by atoms with Crippen molar-refractivity contribution in [1.29, 1.82) is 0 Å². The van der Waals surface area contributed by atoms with E-state index < -0.39 is 32.8 Å². The molecule has 0 unspecified atom stereocenters. The third-order valence-corrected chi connectivity index (χ3v) is 9.17. The number of nitrogens with zero attached hydrogens (tertiary/aromatic N) is 4. The maximum Gasteiger partial charge on any atom is 0.336 e. The molecule has 2 aliphatic rings. The number of nitrogens with two attached hydrogens (primary N) is 1.